The summed E-state index contributed by atoms with van der Waals surface area (Å²) in [6.45, 7) is 2.32. The summed E-state index contributed by atoms with van der Waals surface area (Å²) in [5, 5.41) is 13.9. The van der Waals surface area contributed by atoms with Gasteiger partial charge in [-0.2, -0.15) is 0 Å². The lowest BCUT2D eigenvalue weighted by molar-refractivity contribution is -0.123. The zero-order valence-electron chi connectivity index (χ0n) is 14.9. The summed E-state index contributed by atoms with van der Waals surface area (Å²) in [6.07, 6.45) is 6.71. The first-order valence-electron chi connectivity index (χ1n) is 9.95. The van der Waals surface area contributed by atoms with Crippen LogP contribution >= 0.6 is 0 Å². The number of hydrogen-bond donors (Lipinski definition) is 2. The molecule has 2 saturated carbocycles. The van der Waals surface area contributed by atoms with E-state index in [1.165, 1.54) is 25.7 Å². The standard InChI is InChI=1S/C21H30N2O2/c24-19(22-20(15-6-7-15)16-8-9-16)14-23-12-10-18(11-13-23)21(25)17-4-2-1-3-5-17/h1-5,15-16,18,20-21,25H,6-14H2,(H,22,24). The molecule has 3 aliphatic rings. The van der Waals surface area contributed by atoms with Gasteiger partial charge in [0.25, 0.3) is 0 Å². The van der Waals surface area contributed by atoms with E-state index in [-0.39, 0.29) is 12.0 Å². The normalized spacial score (nSPS) is 23.6. The SMILES string of the molecule is O=C(CN1CCC(C(O)c2ccccc2)CC1)NC(C1CC1)C1CC1. The van der Waals surface area contributed by atoms with Crippen molar-refractivity contribution in [2.75, 3.05) is 19.6 Å². The summed E-state index contributed by atoms with van der Waals surface area (Å²) in [5.41, 5.74) is 1.01. The number of amides is 1. The Kier molecular flexibility index (Phi) is 5.09. The van der Waals surface area contributed by atoms with Crippen molar-refractivity contribution in [2.24, 2.45) is 17.8 Å². The minimum Gasteiger partial charge on any atom is -0.388 e. The van der Waals surface area contributed by atoms with Crippen LogP contribution in [0.4, 0.5) is 0 Å². The number of hydrogen-bond acceptors (Lipinski definition) is 3. The molecule has 2 aliphatic carbocycles. The van der Waals surface area contributed by atoms with Gasteiger partial charge in [-0.15, -0.1) is 0 Å². The quantitative estimate of drug-likeness (QED) is 0.801. The van der Waals surface area contributed by atoms with Crippen molar-refractivity contribution >= 4 is 5.91 Å². The lowest BCUT2D eigenvalue weighted by Crippen LogP contribution is -2.46. The highest BCUT2D eigenvalue weighted by molar-refractivity contribution is 5.78. The summed E-state index contributed by atoms with van der Waals surface area (Å²) in [6, 6.07) is 10.4. The van der Waals surface area contributed by atoms with E-state index < -0.39 is 0 Å². The Morgan fingerprint density at radius 1 is 1.00 bits per heavy atom. The minimum atomic E-state index is -0.383. The van der Waals surface area contributed by atoms with Crippen molar-refractivity contribution < 1.29 is 9.90 Å². The van der Waals surface area contributed by atoms with Crippen molar-refractivity contribution in [1.82, 2.24) is 10.2 Å². The van der Waals surface area contributed by atoms with Crippen molar-refractivity contribution in [2.45, 2.75) is 50.7 Å². The molecule has 4 nitrogen and oxygen atoms in total. The number of benzene rings is 1. The number of piperidine rings is 1. The van der Waals surface area contributed by atoms with E-state index >= 15 is 0 Å². The van der Waals surface area contributed by atoms with Crippen LogP contribution in [-0.4, -0.2) is 41.6 Å². The van der Waals surface area contributed by atoms with E-state index in [0.717, 1.165) is 43.3 Å². The zero-order valence-corrected chi connectivity index (χ0v) is 14.9. The average Bonchev–Trinajstić information content (AvgIpc) is 3.54. The van der Waals surface area contributed by atoms with Gasteiger partial charge in [-0.1, -0.05) is 30.3 Å². The predicted octanol–water partition coefficient (Wildman–Crippen LogP) is 2.74. The third kappa shape index (κ3) is 4.42. The molecular weight excluding hydrogens is 312 g/mol. The average molecular weight is 342 g/mol. The lowest BCUT2D eigenvalue weighted by atomic mass is 9.87. The fourth-order valence-corrected chi connectivity index (χ4v) is 4.32. The fourth-order valence-electron chi connectivity index (χ4n) is 4.32. The highest BCUT2D eigenvalue weighted by Crippen LogP contribution is 2.44. The molecule has 1 heterocycles. The molecule has 1 unspecified atom stereocenters. The van der Waals surface area contributed by atoms with Crippen LogP contribution in [-0.2, 0) is 4.79 Å². The molecule has 0 bridgehead atoms. The second kappa shape index (κ2) is 7.46. The second-order valence-electron chi connectivity index (χ2n) is 8.24. The Morgan fingerprint density at radius 3 is 2.16 bits per heavy atom. The van der Waals surface area contributed by atoms with Gasteiger partial charge in [0.2, 0.25) is 5.91 Å². The predicted molar refractivity (Wildman–Crippen MR) is 97.9 cm³/mol. The van der Waals surface area contributed by atoms with Gasteiger partial charge in [0.1, 0.15) is 0 Å². The molecule has 3 fully saturated rings. The first-order valence-corrected chi connectivity index (χ1v) is 9.95. The third-order valence-corrected chi connectivity index (χ3v) is 6.17. The van der Waals surface area contributed by atoms with Gasteiger partial charge < -0.3 is 10.4 Å². The maximum atomic E-state index is 12.4. The van der Waals surface area contributed by atoms with E-state index in [2.05, 4.69) is 10.2 Å². The summed E-state index contributed by atoms with van der Waals surface area (Å²) in [4.78, 5) is 14.7. The van der Waals surface area contributed by atoms with E-state index in [4.69, 9.17) is 0 Å². The Labute approximate surface area is 150 Å². The maximum Gasteiger partial charge on any atom is 0.234 e. The Hall–Kier alpha value is -1.39. The smallest absolute Gasteiger partial charge is 0.234 e. The molecule has 0 spiro atoms. The van der Waals surface area contributed by atoms with Gasteiger partial charge in [-0.3, -0.25) is 9.69 Å². The first-order chi connectivity index (χ1) is 12.2. The third-order valence-electron chi connectivity index (χ3n) is 6.17. The van der Waals surface area contributed by atoms with E-state index in [1.807, 2.05) is 30.3 Å². The van der Waals surface area contributed by atoms with Crippen LogP contribution in [0.5, 0.6) is 0 Å². The summed E-state index contributed by atoms with van der Waals surface area (Å²) in [5.74, 6) is 2.00. The minimum absolute atomic E-state index is 0.200. The van der Waals surface area contributed by atoms with Crippen molar-refractivity contribution in [1.29, 1.82) is 0 Å². The van der Waals surface area contributed by atoms with Crippen LogP contribution in [0.2, 0.25) is 0 Å². The molecule has 25 heavy (non-hydrogen) atoms. The molecule has 0 radical (unpaired) electrons. The van der Waals surface area contributed by atoms with Gasteiger partial charge in [0.15, 0.2) is 0 Å². The zero-order chi connectivity index (χ0) is 17.2. The molecule has 0 aromatic heterocycles. The van der Waals surface area contributed by atoms with E-state index in [1.54, 1.807) is 0 Å². The number of carbonyl (C=O) groups excluding carboxylic acids is 1. The van der Waals surface area contributed by atoms with Crippen molar-refractivity contribution in [3.63, 3.8) is 0 Å². The van der Waals surface area contributed by atoms with Gasteiger partial charge in [-0.05, 0) is 74.9 Å². The number of carbonyl (C=O) groups is 1. The van der Waals surface area contributed by atoms with Crippen LogP contribution in [0.15, 0.2) is 30.3 Å². The number of likely N-dealkylation sites (tertiary alicyclic amines) is 1. The van der Waals surface area contributed by atoms with Crippen LogP contribution in [0.3, 0.4) is 0 Å². The van der Waals surface area contributed by atoms with E-state index in [0.29, 0.717) is 18.5 Å². The molecule has 1 saturated heterocycles. The highest BCUT2D eigenvalue weighted by Gasteiger charge is 2.42. The van der Waals surface area contributed by atoms with Crippen LogP contribution in [0.1, 0.15) is 50.2 Å². The molecule has 1 amide bonds. The topological polar surface area (TPSA) is 52.6 Å². The Balaban J connectivity index is 1.22. The number of aliphatic hydroxyl groups is 1. The first kappa shape index (κ1) is 17.0. The van der Waals surface area contributed by atoms with Gasteiger partial charge >= 0.3 is 0 Å². The Morgan fingerprint density at radius 2 is 1.60 bits per heavy atom. The molecule has 1 aromatic carbocycles. The molecular formula is C21H30N2O2. The van der Waals surface area contributed by atoms with Crippen LogP contribution < -0.4 is 5.32 Å². The van der Waals surface area contributed by atoms with Crippen molar-refractivity contribution in [3.8, 4) is 0 Å². The summed E-state index contributed by atoms with van der Waals surface area (Å²) >= 11 is 0. The monoisotopic (exact) mass is 342 g/mol. The highest BCUT2D eigenvalue weighted by atomic mass is 16.3. The lowest BCUT2D eigenvalue weighted by Gasteiger charge is -2.34. The molecule has 1 aromatic rings. The molecule has 1 atom stereocenters. The number of nitrogens with one attached hydrogen (secondary N) is 1. The summed E-state index contributed by atoms with van der Waals surface area (Å²) in [7, 11) is 0. The molecule has 1 aliphatic heterocycles. The molecule has 136 valence electrons. The molecule has 4 heteroatoms. The van der Waals surface area contributed by atoms with Crippen LogP contribution in [0.25, 0.3) is 0 Å². The Bertz CT molecular complexity index is 563. The van der Waals surface area contributed by atoms with Gasteiger partial charge in [0.05, 0.1) is 12.6 Å². The summed E-state index contributed by atoms with van der Waals surface area (Å²) < 4.78 is 0. The largest absolute Gasteiger partial charge is 0.388 e. The second-order valence-corrected chi connectivity index (χ2v) is 8.24. The van der Waals surface area contributed by atoms with Crippen molar-refractivity contribution in [3.05, 3.63) is 35.9 Å². The molecule has 2 N–H and O–H groups in total. The number of nitrogens with zero attached hydrogens (tertiary/aromatic N) is 1. The van der Waals surface area contributed by atoms with Gasteiger partial charge in [0, 0.05) is 6.04 Å². The van der Waals surface area contributed by atoms with Gasteiger partial charge in [-0.25, -0.2) is 0 Å². The van der Waals surface area contributed by atoms with Crippen LogP contribution in [0, 0.1) is 17.8 Å². The number of rotatable bonds is 7. The molecule has 4 rings (SSSR count). The number of aliphatic hydroxyl groups excluding tert-OH is 1. The maximum absolute atomic E-state index is 12.4. The van der Waals surface area contributed by atoms with E-state index in [9.17, 15) is 9.90 Å². The fraction of sp³-hybridized carbons (Fsp3) is 0.667.